The van der Waals surface area contributed by atoms with Crippen LogP contribution >= 0.6 is 0 Å². The smallest absolute Gasteiger partial charge is 0.425 e. The molecule has 0 aliphatic rings. The summed E-state index contributed by atoms with van der Waals surface area (Å²) in [4.78, 5) is -2.97. The normalized spacial score (nSPS) is 15.0. The Hall–Kier alpha value is -2.38. The van der Waals surface area contributed by atoms with Crippen molar-refractivity contribution >= 4 is 10.1 Å². The summed E-state index contributed by atoms with van der Waals surface area (Å²) in [5, 5.41) is 0. The molecule has 0 atom stereocenters. The Bertz CT molecular complexity index is 1060. The first kappa shape index (κ1) is 27.7. The third-order valence-electron chi connectivity index (χ3n) is 3.23. The van der Waals surface area contributed by atoms with E-state index >= 15 is 0 Å². The van der Waals surface area contributed by atoms with Crippen molar-refractivity contribution in [3.63, 3.8) is 0 Å². The highest BCUT2D eigenvalue weighted by molar-refractivity contribution is 7.86. The largest absolute Gasteiger partial charge is 0.460 e. The summed E-state index contributed by atoms with van der Waals surface area (Å²) < 4.78 is 227. The van der Waals surface area contributed by atoms with Gasteiger partial charge >= 0.3 is 40.1 Å². The molecule has 0 amide bonds. The van der Waals surface area contributed by atoms with Gasteiger partial charge in [-0.3, -0.25) is 4.55 Å². The standard InChI is InChI=1S/C12HF15O4S/c13-1-2(14)4(16)6(32(28,29)30)5(3(1)15)31-8(18)7(17)9(19,20)10(21,22)11(23,24)12(25,26)27/h(H,28,29,30). The van der Waals surface area contributed by atoms with Crippen molar-refractivity contribution in [2.75, 3.05) is 0 Å². The van der Waals surface area contributed by atoms with Gasteiger partial charge in [-0.15, -0.1) is 0 Å². The fourth-order valence-electron chi connectivity index (χ4n) is 1.68. The Kier molecular flexibility index (Phi) is 6.81. The second kappa shape index (κ2) is 7.89. The lowest BCUT2D eigenvalue weighted by molar-refractivity contribution is -0.392. The number of alkyl halides is 9. The molecule has 0 aromatic heterocycles. The summed E-state index contributed by atoms with van der Waals surface area (Å²) >= 11 is 0. The van der Waals surface area contributed by atoms with Crippen LogP contribution < -0.4 is 4.74 Å². The molecule has 0 saturated heterocycles. The zero-order chi connectivity index (χ0) is 25.8. The van der Waals surface area contributed by atoms with Crippen molar-refractivity contribution in [1.29, 1.82) is 0 Å². The zero-order valence-corrected chi connectivity index (χ0v) is 14.6. The van der Waals surface area contributed by atoms with E-state index in [0.29, 0.717) is 0 Å². The van der Waals surface area contributed by atoms with Gasteiger partial charge in [0.25, 0.3) is 0 Å². The van der Waals surface area contributed by atoms with Crippen LogP contribution in [0.3, 0.4) is 0 Å². The number of allylic oxidation sites excluding steroid dienone is 1. The Balaban J connectivity index is 3.78. The molecule has 32 heavy (non-hydrogen) atoms. The van der Waals surface area contributed by atoms with Crippen molar-refractivity contribution in [3.05, 3.63) is 35.1 Å². The second-order valence-corrected chi connectivity index (χ2v) is 6.66. The number of ether oxygens (including phenoxy) is 1. The van der Waals surface area contributed by atoms with E-state index in [1.165, 1.54) is 0 Å². The first-order valence-electron chi connectivity index (χ1n) is 6.71. The van der Waals surface area contributed by atoms with E-state index < -0.39 is 79.8 Å². The van der Waals surface area contributed by atoms with Gasteiger partial charge < -0.3 is 4.74 Å². The SMILES string of the molecule is O=S(=O)(O)c1c(F)c(F)c(F)c(F)c1OC(F)=C(F)C(F)(F)C(F)(F)C(F)(F)C(F)(F)F. The summed E-state index contributed by atoms with van der Waals surface area (Å²) in [6.07, 6.45) is -7.48. The van der Waals surface area contributed by atoms with Crippen molar-refractivity contribution in [2.45, 2.75) is 28.8 Å². The highest BCUT2D eigenvalue weighted by atomic mass is 32.2. The van der Waals surface area contributed by atoms with Gasteiger partial charge in [0, 0.05) is 0 Å². The lowest BCUT2D eigenvalue weighted by atomic mass is 10.0. The van der Waals surface area contributed by atoms with Crippen LogP contribution in [0.4, 0.5) is 65.9 Å². The minimum absolute atomic E-state index is 2.90. The molecule has 184 valence electrons. The van der Waals surface area contributed by atoms with Crippen LogP contribution in [0, 0.1) is 23.3 Å². The first-order chi connectivity index (χ1) is 13.9. The minimum Gasteiger partial charge on any atom is -0.425 e. The molecule has 4 nitrogen and oxygen atoms in total. The zero-order valence-electron chi connectivity index (χ0n) is 13.7. The maximum atomic E-state index is 13.5. The summed E-state index contributed by atoms with van der Waals surface area (Å²) in [5.41, 5.74) is 0. The molecule has 0 heterocycles. The first-order valence-corrected chi connectivity index (χ1v) is 8.15. The number of halogens is 15. The van der Waals surface area contributed by atoms with Gasteiger partial charge in [-0.1, -0.05) is 0 Å². The van der Waals surface area contributed by atoms with E-state index in [1.54, 1.807) is 0 Å². The quantitative estimate of drug-likeness (QED) is 0.176. The van der Waals surface area contributed by atoms with Gasteiger partial charge in [-0.2, -0.15) is 61.1 Å². The molecular formula is C12HF15O4S. The molecule has 20 heteroatoms. The topological polar surface area (TPSA) is 63.6 Å². The molecule has 1 aromatic rings. The summed E-state index contributed by atoms with van der Waals surface area (Å²) in [6, 6.07) is -4.14. The van der Waals surface area contributed by atoms with Crippen molar-refractivity contribution in [2.24, 2.45) is 0 Å². The van der Waals surface area contributed by atoms with E-state index in [2.05, 4.69) is 4.74 Å². The van der Waals surface area contributed by atoms with Crippen LogP contribution in [0.1, 0.15) is 0 Å². The minimum atomic E-state index is -7.83. The van der Waals surface area contributed by atoms with Gasteiger partial charge in [-0.05, 0) is 0 Å². The Labute approximate surface area is 164 Å². The summed E-state index contributed by atoms with van der Waals surface area (Å²) in [5.74, 6) is -43.4. The average Bonchev–Trinajstić information content (AvgIpc) is 2.61. The van der Waals surface area contributed by atoms with Crippen LogP contribution in [-0.2, 0) is 10.1 Å². The van der Waals surface area contributed by atoms with E-state index in [4.69, 9.17) is 4.55 Å². The van der Waals surface area contributed by atoms with E-state index in [9.17, 15) is 74.3 Å². The van der Waals surface area contributed by atoms with Gasteiger partial charge in [-0.25, -0.2) is 13.2 Å². The monoisotopic (exact) mass is 526 g/mol. The number of hydrogen-bond acceptors (Lipinski definition) is 3. The lowest BCUT2D eigenvalue weighted by Crippen LogP contribution is -2.61. The molecule has 0 fully saturated rings. The Morgan fingerprint density at radius 1 is 0.719 bits per heavy atom. The molecule has 0 aliphatic heterocycles. The highest BCUT2D eigenvalue weighted by Gasteiger charge is 2.83. The summed E-state index contributed by atoms with van der Waals surface area (Å²) in [7, 11) is -6.37. The summed E-state index contributed by atoms with van der Waals surface area (Å²) in [6.45, 7) is 0. The Morgan fingerprint density at radius 2 is 1.12 bits per heavy atom. The third-order valence-corrected chi connectivity index (χ3v) is 4.11. The highest BCUT2D eigenvalue weighted by Crippen LogP contribution is 2.56. The predicted molar refractivity (Wildman–Crippen MR) is 66.9 cm³/mol. The second-order valence-electron chi connectivity index (χ2n) is 5.30. The Morgan fingerprint density at radius 3 is 1.50 bits per heavy atom. The molecular weight excluding hydrogens is 525 g/mol. The fraction of sp³-hybridized carbons (Fsp3) is 0.333. The molecule has 0 radical (unpaired) electrons. The van der Waals surface area contributed by atoms with Crippen molar-refractivity contribution in [1.82, 2.24) is 0 Å². The van der Waals surface area contributed by atoms with Crippen LogP contribution in [0.5, 0.6) is 5.75 Å². The van der Waals surface area contributed by atoms with Crippen LogP contribution in [0.15, 0.2) is 16.7 Å². The number of rotatable bonds is 6. The molecule has 0 aliphatic carbocycles. The maximum absolute atomic E-state index is 13.5. The third kappa shape index (κ3) is 4.16. The molecule has 0 spiro atoms. The molecule has 0 bridgehead atoms. The van der Waals surface area contributed by atoms with Crippen LogP contribution in [0.25, 0.3) is 0 Å². The maximum Gasteiger partial charge on any atom is 0.460 e. The molecule has 1 rings (SSSR count). The molecule has 1 N–H and O–H groups in total. The number of benzene rings is 1. The molecule has 0 saturated carbocycles. The fourth-order valence-corrected chi connectivity index (χ4v) is 2.37. The van der Waals surface area contributed by atoms with Crippen molar-refractivity contribution in [3.8, 4) is 5.75 Å². The molecule has 1 aromatic carbocycles. The van der Waals surface area contributed by atoms with Gasteiger partial charge in [0.1, 0.15) is 0 Å². The van der Waals surface area contributed by atoms with Crippen LogP contribution in [0.2, 0.25) is 0 Å². The van der Waals surface area contributed by atoms with Crippen LogP contribution in [-0.4, -0.2) is 36.9 Å². The number of hydrogen-bond donors (Lipinski definition) is 1. The van der Waals surface area contributed by atoms with Gasteiger partial charge in [0.15, 0.2) is 22.3 Å². The molecule has 0 unspecified atom stereocenters. The average molecular weight is 526 g/mol. The van der Waals surface area contributed by atoms with E-state index in [-0.39, 0.29) is 0 Å². The van der Waals surface area contributed by atoms with E-state index in [0.717, 1.165) is 0 Å². The van der Waals surface area contributed by atoms with Gasteiger partial charge in [0.05, 0.1) is 0 Å². The predicted octanol–water partition coefficient (Wildman–Crippen LogP) is 5.44. The van der Waals surface area contributed by atoms with E-state index in [1.807, 2.05) is 0 Å². The van der Waals surface area contributed by atoms with Gasteiger partial charge in [0.2, 0.25) is 17.5 Å². The lowest BCUT2D eigenvalue weighted by Gasteiger charge is -2.32. The van der Waals surface area contributed by atoms with Crippen molar-refractivity contribution < 1.29 is 83.6 Å².